The van der Waals surface area contributed by atoms with Crippen LogP contribution in [0, 0.1) is 10.1 Å². The Morgan fingerprint density at radius 3 is 2.56 bits per heavy atom. The van der Waals surface area contributed by atoms with Crippen molar-refractivity contribution in [3.05, 3.63) is 58.5 Å². The van der Waals surface area contributed by atoms with E-state index in [9.17, 15) is 10.1 Å². The van der Waals surface area contributed by atoms with Gasteiger partial charge in [-0.1, -0.05) is 0 Å². The molecule has 0 aliphatic carbocycles. The fraction of sp³-hybridized carbons (Fsp3) is 0.167. The van der Waals surface area contributed by atoms with Crippen LogP contribution in [0.5, 0.6) is 0 Å². The molecule has 0 aliphatic rings. The number of benzene rings is 1. The molecule has 1 aromatic carbocycles. The summed E-state index contributed by atoms with van der Waals surface area (Å²) in [6.45, 7) is 1.85. The number of furan rings is 1. The van der Waals surface area contributed by atoms with E-state index in [-0.39, 0.29) is 11.7 Å². The zero-order valence-electron chi connectivity index (χ0n) is 9.69. The van der Waals surface area contributed by atoms with Crippen LogP contribution in [0.3, 0.4) is 0 Å². The molecule has 2 rings (SSSR count). The van der Waals surface area contributed by atoms with E-state index < -0.39 is 4.92 Å². The van der Waals surface area contributed by atoms with E-state index >= 15 is 0 Å². The van der Waals surface area contributed by atoms with Crippen LogP contribution in [0.15, 0.2) is 57.3 Å². The van der Waals surface area contributed by atoms with Crippen LogP contribution in [-0.4, -0.2) is 4.92 Å². The first-order valence-corrected chi connectivity index (χ1v) is 5.35. The second-order valence-corrected chi connectivity index (χ2v) is 3.68. The van der Waals surface area contributed by atoms with Gasteiger partial charge in [0.1, 0.15) is 11.8 Å². The maximum Gasteiger partial charge on any atom is 0.269 e. The van der Waals surface area contributed by atoms with E-state index in [2.05, 4.69) is 10.2 Å². The minimum absolute atomic E-state index is 0.0352. The Kier molecular flexibility index (Phi) is 3.47. The van der Waals surface area contributed by atoms with Gasteiger partial charge in [0.25, 0.3) is 5.69 Å². The molecule has 18 heavy (non-hydrogen) atoms. The maximum absolute atomic E-state index is 10.5. The fourth-order valence-electron chi connectivity index (χ4n) is 1.38. The zero-order chi connectivity index (χ0) is 13.0. The van der Waals surface area contributed by atoms with Crippen molar-refractivity contribution in [3.63, 3.8) is 0 Å². The van der Waals surface area contributed by atoms with Crippen molar-refractivity contribution < 1.29 is 9.34 Å². The van der Waals surface area contributed by atoms with Crippen LogP contribution in [0.1, 0.15) is 18.7 Å². The van der Waals surface area contributed by atoms with Crippen LogP contribution in [-0.2, 0) is 0 Å². The Labute approximate surface area is 103 Å². The molecule has 2 aromatic rings. The monoisotopic (exact) mass is 245 g/mol. The smallest absolute Gasteiger partial charge is 0.269 e. The van der Waals surface area contributed by atoms with Crippen molar-refractivity contribution >= 4 is 11.4 Å². The van der Waals surface area contributed by atoms with Gasteiger partial charge in [-0.3, -0.25) is 10.1 Å². The lowest BCUT2D eigenvalue weighted by Crippen LogP contribution is -1.86. The first-order chi connectivity index (χ1) is 8.66. The molecule has 0 radical (unpaired) electrons. The molecule has 0 spiro atoms. The molecule has 0 saturated heterocycles. The number of rotatable bonds is 4. The van der Waals surface area contributed by atoms with Crippen molar-refractivity contribution in [1.82, 2.24) is 0 Å². The van der Waals surface area contributed by atoms with Gasteiger partial charge in [-0.25, -0.2) is 0 Å². The summed E-state index contributed by atoms with van der Waals surface area (Å²) in [4.78, 5) is 10.0. The number of nitro groups is 1. The van der Waals surface area contributed by atoms with Crippen molar-refractivity contribution in [2.75, 3.05) is 0 Å². The number of hydrogen-bond acceptors (Lipinski definition) is 5. The summed E-state index contributed by atoms with van der Waals surface area (Å²) in [6, 6.07) is 9.31. The highest BCUT2D eigenvalue weighted by molar-refractivity contribution is 5.43. The van der Waals surface area contributed by atoms with Crippen LogP contribution in [0.25, 0.3) is 0 Å². The van der Waals surface area contributed by atoms with Gasteiger partial charge in [-0.05, 0) is 31.2 Å². The third-order valence-corrected chi connectivity index (χ3v) is 2.36. The average Bonchev–Trinajstić information content (AvgIpc) is 2.90. The lowest BCUT2D eigenvalue weighted by atomic mass is 10.3. The standard InChI is InChI=1S/C12H11N3O3/c1-9(12-3-2-8-18-12)13-14-10-4-6-11(7-5-10)15(16)17/h2-9H,1H3. The van der Waals surface area contributed by atoms with Gasteiger partial charge in [-0.2, -0.15) is 10.2 Å². The Morgan fingerprint density at radius 2 is 2.00 bits per heavy atom. The minimum atomic E-state index is -0.452. The Morgan fingerprint density at radius 1 is 1.28 bits per heavy atom. The number of nitrogens with zero attached hydrogens (tertiary/aromatic N) is 3. The van der Waals surface area contributed by atoms with Crippen LogP contribution < -0.4 is 0 Å². The van der Waals surface area contributed by atoms with Crippen molar-refractivity contribution in [2.24, 2.45) is 10.2 Å². The predicted octanol–water partition coefficient (Wildman–Crippen LogP) is 4.03. The molecule has 0 aliphatic heterocycles. The first-order valence-electron chi connectivity index (χ1n) is 5.35. The minimum Gasteiger partial charge on any atom is -0.467 e. The summed E-state index contributed by atoms with van der Waals surface area (Å²) < 4.78 is 5.19. The SMILES string of the molecule is CC(N=Nc1ccc([N+](=O)[O-])cc1)c1ccco1. The van der Waals surface area contributed by atoms with Gasteiger partial charge in [0.2, 0.25) is 0 Å². The lowest BCUT2D eigenvalue weighted by molar-refractivity contribution is -0.384. The van der Waals surface area contributed by atoms with E-state index in [1.54, 1.807) is 24.5 Å². The van der Waals surface area contributed by atoms with E-state index in [4.69, 9.17) is 4.42 Å². The largest absolute Gasteiger partial charge is 0.467 e. The van der Waals surface area contributed by atoms with Gasteiger partial charge in [0.05, 0.1) is 16.9 Å². The van der Waals surface area contributed by atoms with Crippen LogP contribution in [0.4, 0.5) is 11.4 Å². The van der Waals surface area contributed by atoms with E-state index in [0.29, 0.717) is 5.69 Å². The first kappa shape index (κ1) is 12.0. The molecule has 0 N–H and O–H groups in total. The van der Waals surface area contributed by atoms with Gasteiger partial charge in [0.15, 0.2) is 0 Å². The topological polar surface area (TPSA) is 81.0 Å². The third kappa shape index (κ3) is 2.79. The van der Waals surface area contributed by atoms with Crippen molar-refractivity contribution in [1.29, 1.82) is 0 Å². The molecular formula is C12H11N3O3. The molecule has 92 valence electrons. The molecule has 1 aromatic heterocycles. The third-order valence-electron chi connectivity index (χ3n) is 2.36. The maximum atomic E-state index is 10.5. The van der Waals surface area contributed by atoms with Crippen molar-refractivity contribution in [2.45, 2.75) is 13.0 Å². The predicted molar refractivity (Wildman–Crippen MR) is 64.7 cm³/mol. The van der Waals surface area contributed by atoms with Gasteiger partial charge < -0.3 is 4.42 Å². The highest BCUT2D eigenvalue weighted by Gasteiger charge is 2.06. The summed E-state index contributed by atoms with van der Waals surface area (Å²) in [5.41, 5.74) is 0.604. The number of azo groups is 1. The number of nitro benzene ring substituents is 1. The molecule has 0 bridgehead atoms. The summed E-state index contributed by atoms with van der Waals surface area (Å²) >= 11 is 0. The number of non-ortho nitro benzene ring substituents is 1. The Bertz CT molecular complexity index is 546. The Balaban J connectivity index is 2.07. The highest BCUT2D eigenvalue weighted by atomic mass is 16.6. The summed E-state index contributed by atoms with van der Waals surface area (Å²) in [6.07, 6.45) is 1.58. The molecule has 1 unspecified atom stereocenters. The molecule has 1 heterocycles. The van der Waals surface area contributed by atoms with Crippen LogP contribution >= 0.6 is 0 Å². The molecule has 0 saturated carbocycles. The summed E-state index contributed by atoms with van der Waals surface area (Å²) in [5, 5.41) is 18.6. The second-order valence-electron chi connectivity index (χ2n) is 3.68. The lowest BCUT2D eigenvalue weighted by Gasteiger charge is -1.99. The number of hydrogen-bond donors (Lipinski definition) is 0. The normalized spacial score (nSPS) is 12.7. The summed E-state index contributed by atoms with van der Waals surface area (Å²) in [7, 11) is 0. The van der Waals surface area contributed by atoms with Gasteiger partial charge in [-0.15, -0.1) is 0 Å². The second kappa shape index (κ2) is 5.22. The van der Waals surface area contributed by atoms with E-state index in [0.717, 1.165) is 5.76 Å². The average molecular weight is 245 g/mol. The Hall–Kier alpha value is -2.50. The zero-order valence-corrected chi connectivity index (χ0v) is 9.69. The molecule has 6 nitrogen and oxygen atoms in total. The van der Waals surface area contributed by atoms with Gasteiger partial charge >= 0.3 is 0 Å². The molecule has 6 heteroatoms. The van der Waals surface area contributed by atoms with E-state index in [1.165, 1.54) is 12.1 Å². The molecular weight excluding hydrogens is 234 g/mol. The fourth-order valence-corrected chi connectivity index (χ4v) is 1.38. The van der Waals surface area contributed by atoms with Crippen LogP contribution in [0.2, 0.25) is 0 Å². The quantitative estimate of drug-likeness (QED) is 0.463. The van der Waals surface area contributed by atoms with E-state index in [1.807, 2.05) is 13.0 Å². The molecule has 0 fully saturated rings. The highest BCUT2D eigenvalue weighted by Crippen LogP contribution is 2.22. The molecule has 0 amide bonds. The summed E-state index contributed by atoms with van der Waals surface area (Å²) in [5.74, 6) is 0.723. The van der Waals surface area contributed by atoms with Crippen molar-refractivity contribution in [3.8, 4) is 0 Å². The molecule has 1 atom stereocenters. The van der Waals surface area contributed by atoms with Gasteiger partial charge in [0, 0.05) is 12.1 Å².